The number of unbranched alkanes of at least 4 members (excludes halogenated alkanes) is 2. The van der Waals surface area contributed by atoms with Gasteiger partial charge in [-0.05, 0) is 127 Å². The molecular formula is C45H50O4. The maximum atomic E-state index is 13.0. The van der Waals surface area contributed by atoms with E-state index in [2.05, 4.69) is 72.9 Å². The Morgan fingerprint density at radius 1 is 0.776 bits per heavy atom. The van der Waals surface area contributed by atoms with Gasteiger partial charge in [0.1, 0.15) is 13.2 Å². The van der Waals surface area contributed by atoms with Crippen molar-refractivity contribution in [3.05, 3.63) is 107 Å². The Kier molecular flexibility index (Phi) is 14.5. The molecule has 49 heavy (non-hydrogen) atoms. The van der Waals surface area contributed by atoms with Crippen LogP contribution in [0.1, 0.15) is 135 Å². The minimum absolute atomic E-state index is 0.0507. The molecule has 2 saturated carbocycles. The lowest BCUT2D eigenvalue weighted by molar-refractivity contribution is -0.340. The summed E-state index contributed by atoms with van der Waals surface area (Å²) in [6, 6.07) is 26.3. The first-order valence-electron chi connectivity index (χ1n) is 18.3. The maximum Gasteiger partial charge on any atom is 0.338 e. The molecule has 0 N–H and O–H groups in total. The van der Waals surface area contributed by atoms with Crippen molar-refractivity contribution >= 4 is 5.97 Å². The van der Waals surface area contributed by atoms with Crippen LogP contribution in [-0.4, -0.2) is 12.6 Å². The van der Waals surface area contributed by atoms with Crippen molar-refractivity contribution in [1.29, 1.82) is 0 Å². The van der Waals surface area contributed by atoms with Crippen molar-refractivity contribution in [3.8, 4) is 36.0 Å². The van der Waals surface area contributed by atoms with E-state index in [0.717, 1.165) is 42.7 Å². The second kappa shape index (κ2) is 19.7. The molecule has 2 aliphatic carbocycles. The first-order valence-corrected chi connectivity index (χ1v) is 18.3. The zero-order valence-corrected chi connectivity index (χ0v) is 29.0. The minimum atomic E-state index is -0.549. The molecule has 0 amide bonds. The Morgan fingerprint density at radius 3 is 2.08 bits per heavy atom. The third kappa shape index (κ3) is 11.4. The number of terminal acetylenes is 1. The molecule has 4 nitrogen and oxygen atoms in total. The summed E-state index contributed by atoms with van der Waals surface area (Å²) >= 11 is 0. The van der Waals surface area contributed by atoms with Gasteiger partial charge in [0.25, 0.3) is 0 Å². The highest BCUT2D eigenvalue weighted by molar-refractivity contribution is 5.89. The van der Waals surface area contributed by atoms with Crippen LogP contribution in [0.2, 0.25) is 0 Å². The number of ether oxygens (including phenoxy) is 1. The summed E-state index contributed by atoms with van der Waals surface area (Å²) in [5, 5.41) is 0. The number of benzene rings is 3. The standard InChI is InChI=1S/C45H50O4/c1-3-5-7-10-14-36-19-23-38(24-20-36)40-27-21-37(22-28-40)33-48-49-44(42-15-11-8-12-16-42)34-47-45(46)43-31-29-41(30-32-43)39-25-17-35(18-26-39)13-9-6-4-2/h1,8,11-12,15-16,21-22,27-32,35-36,38-39,44H,4,6,9,13,17-20,23-26,33-34H2,2H3. The predicted octanol–water partition coefficient (Wildman–Crippen LogP) is 10.5. The van der Waals surface area contributed by atoms with Crippen molar-refractivity contribution in [2.45, 2.75) is 109 Å². The van der Waals surface area contributed by atoms with Crippen LogP contribution >= 0.6 is 0 Å². The van der Waals surface area contributed by atoms with Gasteiger partial charge < -0.3 is 4.74 Å². The van der Waals surface area contributed by atoms with Gasteiger partial charge in [-0.25, -0.2) is 14.6 Å². The van der Waals surface area contributed by atoms with Crippen molar-refractivity contribution in [3.63, 3.8) is 0 Å². The first kappa shape index (κ1) is 36.0. The fourth-order valence-corrected chi connectivity index (χ4v) is 7.29. The third-order valence-corrected chi connectivity index (χ3v) is 10.3. The van der Waals surface area contributed by atoms with E-state index in [0.29, 0.717) is 29.9 Å². The molecule has 0 bridgehead atoms. The number of hydrogen-bond donors (Lipinski definition) is 0. The molecule has 1 unspecified atom stereocenters. The Hall–Kier alpha value is -4.27. The summed E-state index contributed by atoms with van der Waals surface area (Å²) in [7, 11) is 0. The molecule has 3 aromatic rings. The van der Waals surface area contributed by atoms with E-state index in [9.17, 15) is 4.79 Å². The quantitative estimate of drug-likeness (QED) is 0.0571. The van der Waals surface area contributed by atoms with Gasteiger partial charge in [0.05, 0.1) is 5.56 Å². The second-order valence-electron chi connectivity index (χ2n) is 13.6. The van der Waals surface area contributed by atoms with E-state index >= 15 is 0 Å². The topological polar surface area (TPSA) is 44.8 Å². The fourth-order valence-electron chi connectivity index (χ4n) is 7.29. The molecule has 5 rings (SSSR count). The van der Waals surface area contributed by atoms with Crippen LogP contribution in [0.4, 0.5) is 0 Å². The number of carbonyl (C=O) groups excluding carboxylic acids is 1. The number of carbonyl (C=O) groups is 1. The average Bonchev–Trinajstić information content (AvgIpc) is 3.16. The highest BCUT2D eigenvalue weighted by Crippen LogP contribution is 2.38. The Labute approximate surface area is 294 Å². The van der Waals surface area contributed by atoms with E-state index < -0.39 is 6.10 Å². The highest BCUT2D eigenvalue weighted by Gasteiger charge is 2.24. The number of hydrogen-bond acceptors (Lipinski definition) is 4. The molecule has 2 aliphatic rings. The summed E-state index contributed by atoms with van der Waals surface area (Å²) in [4.78, 5) is 24.6. The molecule has 0 radical (unpaired) electrons. The molecule has 3 aromatic carbocycles. The number of rotatable bonds is 14. The van der Waals surface area contributed by atoms with Crippen molar-refractivity contribution in [2.75, 3.05) is 6.61 Å². The highest BCUT2D eigenvalue weighted by atomic mass is 17.2. The van der Waals surface area contributed by atoms with Crippen molar-refractivity contribution < 1.29 is 19.3 Å². The average molecular weight is 655 g/mol. The Bertz CT molecular complexity index is 1600. The summed E-state index contributed by atoms with van der Waals surface area (Å²) < 4.78 is 5.75. The smallest absolute Gasteiger partial charge is 0.338 e. The lowest BCUT2D eigenvalue weighted by Gasteiger charge is -2.29. The van der Waals surface area contributed by atoms with Crippen LogP contribution in [0.3, 0.4) is 0 Å². The number of esters is 1. The van der Waals surface area contributed by atoms with Gasteiger partial charge in [0, 0.05) is 5.92 Å². The Balaban J connectivity index is 1.07. The van der Waals surface area contributed by atoms with Crippen molar-refractivity contribution in [2.24, 2.45) is 11.8 Å². The first-order chi connectivity index (χ1) is 24.1. The maximum absolute atomic E-state index is 13.0. The van der Waals surface area contributed by atoms with E-state index in [1.807, 2.05) is 42.5 Å². The van der Waals surface area contributed by atoms with Crippen LogP contribution in [-0.2, 0) is 21.1 Å². The lowest BCUT2D eigenvalue weighted by atomic mass is 9.77. The largest absolute Gasteiger partial charge is 0.459 e. The monoisotopic (exact) mass is 654 g/mol. The van der Waals surface area contributed by atoms with Gasteiger partial charge in [0.15, 0.2) is 6.10 Å². The van der Waals surface area contributed by atoms with E-state index in [1.165, 1.54) is 62.5 Å². The SMILES string of the molecule is C#CC#CC#CC1CCC(c2ccc(COOC(COC(=O)c3ccc(C4CCC(CCCCC)CC4)cc3)c3ccccc3)cc2)CC1. The minimum Gasteiger partial charge on any atom is -0.459 e. The van der Waals surface area contributed by atoms with Crippen molar-refractivity contribution in [1.82, 2.24) is 0 Å². The summed E-state index contributed by atoms with van der Waals surface area (Å²) in [5.41, 5.74) is 5.13. The molecule has 0 aromatic heterocycles. The van der Waals surface area contributed by atoms with Gasteiger partial charge in [-0.2, -0.15) is 0 Å². The predicted molar refractivity (Wildman–Crippen MR) is 196 cm³/mol. The van der Waals surface area contributed by atoms with E-state index in [1.54, 1.807) is 0 Å². The van der Waals surface area contributed by atoms with Crippen LogP contribution in [0.15, 0.2) is 78.9 Å². The van der Waals surface area contributed by atoms with Gasteiger partial charge in [-0.3, -0.25) is 0 Å². The van der Waals surface area contributed by atoms with Crippen LogP contribution in [0.5, 0.6) is 0 Å². The van der Waals surface area contributed by atoms with Gasteiger partial charge in [-0.1, -0.05) is 105 Å². The molecule has 2 fully saturated rings. The molecule has 1 atom stereocenters. The molecule has 0 saturated heterocycles. The molecule has 4 heteroatoms. The molecule has 0 spiro atoms. The van der Waals surface area contributed by atoms with E-state index in [4.69, 9.17) is 20.9 Å². The van der Waals surface area contributed by atoms with Crippen LogP contribution < -0.4 is 0 Å². The van der Waals surface area contributed by atoms with Crippen LogP contribution in [0, 0.1) is 47.9 Å². The fraction of sp³-hybridized carbons (Fsp3) is 0.444. The van der Waals surface area contributed by atoms with Gasteiger partial charge >= 0.3 is 5.97 Å². The summed E-state index contributed by atoms with van der Waals surface area (Å²) in [5.74, 6) is 15.7. The molecular weight excluding hydrogens is 604 g/mol. The van der Waals surface area contributed by atoms with Crippen LogP contribution in [0.25, 0.3) is 0 Å². The van der Waals surface area contributed by atoms with Gasteiger partial charge in [0.2, 0.25) is 0 Å². The normalized spacial score (nSPS) is 20.8. The molecule has 254 valence electrons. The second-order valence-corrected chi connectivity index (χ2v) is 13.6. The van der Waals surface area contributed by atoms with Gasteiger partial charge in [-0.15, -0.1) is 6.42 Å². The van der Waals surface area contributed by atoms with E-state index in [-0.39, 0.29) is 12.6 Å². The lowest BCUT2D eigenvalue weighted by Crippen LogP contribution is -2.16. The summed E-state index contributed by atoms with van der Waals surface area (Å²) in [6.07, 6.45) is 19.5. The molecule has 0 heterocycles. The zero-order chi connectivity index (χ0) is 34.1. The molecule has 0 aliphatic heterocycles. The third-order valence-electron chi connectivity index (χ3n) is 10.3. The summed E-state index contributed by atoms with van der Waals surface area (Å²) in [6.45, 7) is 2.62. The Morgan fingerprint density at radius 2 is 1.43 bits per heavy atom. The zero-order valence-electron chi connectivity index (χ0n) is 29.0.